The average Bonchev–Trinajstić information content (AvgIpc) is 2.80. The van der Waals surface area contributed by atoms with Crippen molar-refractivity contribution in [1.29, 1.82) is 0 Å². The lowest BCUT2D eigenvalue weighted by molar-refractivity contribution is -0.388. The Bertz CT molecular complexity index is 599. The summed E-state index contributed by atoms with van der Waals surface area (Å²) in [6.45, 7) is 0. The summed E-state index contributed by atoms with van der Waals surface area (Å²) in [5.74, 6) is 0. The Labute approximate surface area is 109 Å². The molecule has 9 heteroatoms. The Balaban J connectivity index is 2.41. The molecular weight excluding hydrogens is 283 g/mol. The molecule has 0 aliphatic heterocycles. The van der Waals surface area contributed by atoms with Crippen LogP contribution in [0.5, 0.6) is 0 Å². The van der Waals surface area contributed by atoms with Gasteiger partial charge in [-0.1, -0.05) is 0 Å². The average molecular weight is 289 g/mol. The van der Waals surface area contributed by atoms with Gasteiger partial charge in [-0.3, -0.25) is 10.1 Å². The zero-order valence-corrected chi connectivity index (χ0v) is 9.96. The second-order valence-electron chi connectivity index (χ2n) is 3.43. The van der Waals surface area contributed by atoms with Gasteiger partial charge in [0.05, 0.1) is 15.4 Å². The van der Waals surface area contributed by atoms with Crippen LogP contribution in [0, 0.1) is 10.1 Å². The summed E-state index contributed by atoms with van der Waals surface area (Å²) >= 11 is 0.893. The van der Waals surface area contributed by atoms with Crippen molar-refractivity contribution in [1.82, 2.24) is 9.97 Å². The number of benzene rings is 1. The third-order valence-corrected chi connectivity index (χ3v) is 3.14. The van der Waals surface area contributed by atoms with Gasteiger partial charge in [0.2, 0.25) is 0 Å². The van der Waals surface area contributed by atoms with Gasteiger partial charge in [-0.05, 0) is 23.9 Å². The van der Waals surface area contributed by atoms with E-state index in [4.69, 9.17) is 0 Å². The van der Waals surface area contributed by atoms with E-state index < -0.39 is 22.4 Å². The van der Waals surface area contributed by atoms with E-state index >= 15 is 0 Å². The van der Waals surface area contributed by atoms with E-state index in [0.717, 1.165) is 23.9 Å². The summed E-state index contributed by atoms with van der Waals surface area (Å²) < 4.78 is 37.5. The number of H-pyrrole nitrogens is 1. The SMILES string of the molecule is O=[N+]([O-])c1cc(C(F)(F)F)ccc1Sc1ncc[nH]1. The Morgan fingerprint density at radius 3 is 2.63 bits per heavy atom. The highest BCUT2D eigenvalue weighted by atomic mass is 32.2. The standard InChI is InChI=1S/C10H6F3N3O2S/c11-10(12,13)6-1-2-8(7(5-6)16(17)18)19-9-14-3-4-15-9/h1-5H,(H,14,15). The molecule has 0 spiro atoms. The molecule has 1 aromatic carbocycles. The first-order chi connectivity index (χ1) is 8.88. The number of alkyl halides is 3. The number of nitrogens with zero attached hydrogens (tertiary/aromatic N) is 2. The largest absolute Gasteiger partial charge is 0.416 e. The number of nitro benzene ring substituents is 1. The third kappa shape index (κ3) is 3.05. The number of hydrogen-bond acceptors (Lipinski definition) is 4. The fourth-order valence-electron chi connectivity index (χ4n) is 1.33. The lowest BCUT2D eigenvalue weighted by Gasteiger charge is -2.07. The van der Waals surface area contributed by atoms with Crippen molar-refractivity contribution in [2.24, 2.45) is 0 Å². The van der Waals surface area contributed by atoms with Gasteiger partial charge in [-0.2, -0.15) is 13.2 Å². The lowest BCUT2D eigenvalue weighted by atomic mass is 10.2. The van der Waals surface area contributed by atoms with E-state index in [1.807, 2.05) is 0 Å². The van der Waals surface area contributed by atoms with Crippen LogP contribution in [0.15, 0.2) is 40.6 Å². The van der Waals surface area contributed by atoms with Crippen molar-refractivity contribution in [3.63, 3.8) is 0 Å². The molecule has 2 rings (SSSR count). The van der Waals surface area contributed by atoms with Crippen LogP contribution in [0.25, 0.3) is 0 Å². The number of nitrogens with one attached hydrogen (secondary N) is 1. The highest BCUT2D eigenvalue weighted by molar-refractivity contribution is 7.99. The number of rotatable bonds is 3. The van der Waals surface area contributed by atoms with Gasteiger partial charge >= 0.3 is 6.18 Å². The second-order valence-corrected chi connectivity index (χ2v) is 4.46. The molecule has 0 unspecified atom stereocenters. The van der Waals surface area contributed by atoms with Crippen molar-refractivity contribution >= 4 is 17.4 Å². The molecule has 1 aromatic heterocycles. The topological polar surface area (TPSA) is 71.8 Å². The maximum atomic E-state index is 12.5. The number of aromatic nitrogens is 2. The molecule has 0 saturated carbocycles. The van der Waals surface area contributed by atoms with E-state index in [1.165, 1.54) is 12.4 Å². The van der Waals surface area contributed by atoms with Gasteiger partial charge in [0.1, 0.15) is 0 Å². The first kappa shape index (κ1) is 13.4. The van der Waals surface area contributed by atoms with Crippen molar-refractivity contribution in [2.45, 2.75) is 16.2 Å². The second kappa shape index (κ2) is 4.92. The normalized spacial score (nSPS) is 11.5. The molecule has 0 fully saturated rings. The van der Waals surface area contributed by atoms with Gasteiger partial charge in [-0.25, -0.2) is 4.98 Å². The summed E-state index contributed by atoms with van der Waals surface area (Å²) in [6, 6.07) is 2.39. The van der Waals surface area contributed by atoms with E-state index in [9.17, 15) is 23.3 Å². The minimum Gasteiger partial charge on any atom is -0.339 e. The Hall–Kier alpha value is -2.03. The molecule has 0 atom stereocenters. The maximum Gasteiger partial charge on any atom is 0.416 e. The molecule has 1 heterocycles. The van der Waals surface area contributed by atoms with Gasteiger partial charge in [0.25, 0.3) is 5.69 Å². The Morgan fingerprint density at radius 1 is 1.37 bits per heavy atom. The molecule has 0 aliphatic carbocycles. The van der Waals surface area contributed by atoms with Crippen molar-refractivity contribution in [3.8, 4) is 0 Å². The zero-order valence-electron chi connectivity index (χ0n) is 9.14. The molecule has 19 heavy (non-hydrogen) atoms. The van der Waals surface area contributed by atoms with Crippen LogP contribution in [0.4, 0.5) is 18.9 Å². The molecule has 0 bridgehead atoms. The highest BCUT2D eigenvalue weighted by Gasteiger charge is 2.33. The monoisotopic (exact) mass is 289 g/mol. The number of nitro groups is 1. The van der Waals surface area contributed by atoms with Gasteiger partial charge < -0.3 is 4.98 Å². The smallest absolute Gasteiger partial charge is 0.339 e. The van der Waals surface area contributed by atoms with E-state index in [1.54, 1.807) is 0 Å². The van der Waals surface area contributed by atoms with Gasteiger partial charge in [0, 0.05) is 18.5 Å². The fourth-order valence-corrected chi connectivity index (χ4v) is 2.16. The fraction of sp³-hybridized carbons (Fsp3) is 0.100. The van der Waals surface area contributed by atoms with Crippen LogP contribution < -0.4 is 0 Å². The number of imidazole rings is 1. The number of halogens is 3. The van der Waals surface area contributed by atoms with E-state index in [0.29, 0.717) is 11.2 Å². The number of aromatic amines is 1. The molecule has 0 radical (unpaired) electrons. The van der Waals surface area contributed by atoms with E-state index in [-0.39, 0.29) is 4.90 Å². The molecule has 0 amide bonds. The molecule has 1 N–H and O–H groups in total. The van der Waals surface area contributed by atoms with Crippen LogP contribution in [0.3, 0.4) is 0 Å². The van der Waals surface area contributed by atoms with Crippen molar-refractivity contribution < 1.29 is 18.1 Å². The summed E-state index contributed by atoms with van der Waals surface area (Å²) in [5.41, 5.74) is -1.65. The van der Waals surface area contributed by atoms with Gasteiger partial charge in [-0.15, -0.1) is 0 Å². The van der Waals surface area contributed by atoms with Crippen LogP contribution in [-0.2, 0) is 6.18 Å². The predicted molar refractivity (Wildman–Crippen MR) is 60.8 cm³/mol. The Morgan fingerprint density at radius 2 is 2.11 bits per heavy atom. The summed E-state index contributed by atoms with van der Waals surface area (Å²) in [4.78, 5) is 16.6. The summed E-state index contributed by atoms with van der Waals surface area (Å²) in [5, 5.41) is 11.2. The molecule has 100 valence electrons. The quantitative estimate of drug-likeness (QED) is 0.693. The summed E-state index contributed by atoms with van der Waals surface area (Å²) in [6.07, 6.45) is -1.66. The molecular formula is C10H6F3N3O2S. The number of hydrogen-bond donors (Lipinski definition) is 1. The van der Waals surface area contributed by atoms with Crippen molar-refractivity contribution in [2.75, 3.05) is 0 Å². The van der Waals surface area contributed by atoms with Crippen LogP contribution in [0.2, 0.25) is 0 Å². The Kier molecular flexibility index (Phi) is 3.47. The zero-order chi connectivity index (χ0) is 14.0. The summed E-state index contributed by atoms with van der Waals surface area (Å²) in [7, 11) is 0. The molecule has 2 aromatic rings. The molecule has 5 nitrogen and oxygen atoms in total. The lowest BCUT2D eigenvalue weighted by Crippen LogP contribution is -2.05. The highest BCUT2D eigenvalue weighted by Crippen LogP contribution is 2.38. The minimum atomic E-state index is -4.61. The predicted octanol–water partition coefficient (Wildman–Crippen LogP) is 3.49. The molecule has 0 aliphatic rings. The van der Waals surface area contributed by atoms with Crippen LogP contribution in [-0.4, -0.2) is 14.9 Å². The van der Waals surface area contributed by atoms with Crippen LogP contribution >= 0.6 is 11.8 Å². The van der Waals surface area contributed by atoms with Gasteiger partial charge in [0.15, 0.2) is 5.16 Å². The van der Waals surface area contributed by atoms with Crippen molar-refractivity contribution in [3.05, 3.63) is 46.3 Å². The first-order valence-corrected chi connectivity index (χ1v) is 5.72. The maximum absolute atomic E-state index is 12.5. The minimum absolute atomic E-state index is 0.0907. The van der Waals surface area contributed by atoms with E-state index in [2.05, 4.69) is 9.97 Å². The van der Waals surface area contributed by atoms with Crippen LogP contribution in [0.1, 0.15) is 5.56 Å². The third-order valence-electron chi connectivity index (χ3n) is 2.16. The first-order valence-electron chi connectivity index (χ1n) is 4.91. The molecule has 0 saturated heterocycles.